The largest absolute Gasteiger partial charge is 2.00 e. The van der Waals surface area contributed by atoms with Gasteiger partial charge in [-0.1, -0.05) is 44.4 Å². The molecule has 0 amide bonds. The molecule has 2 aromatic carbocycles. The topological polar surface area (TPSA) is 0 Å². The molecule has 126 valence electrons. The van der Waals surface area contributed by atoms with E-state index in [9.17, 15) is 0 Å². The van der Waals surface area contributed by atoms with Gasteiger partial charge in [0.2, 0.25) is 0 Å². The fraction of sp³-hybridized carbons (Fsp3) is 0.300. The number of hydrogen-bond donors (Lipinski definition) is 0. The Balaban J connectivity index is -0.000000312. The summed E-state index contributed by atoms with van der Waals surface area (Å²) in [6.07, 6.45) is 6.47. The van der Waals surface area contributed by atoms with Gasteiger partial charge >= 0.3 is 26.2 Å². The van der Waals surface area contributed by atoms with Gasteiger partial charge < -0.3 is 31.7 Å². The Kier molecular flexibility index (Phi) is 18.4. The van der Waals surface area contributed by atoms with Gasteiger partial charge in [-0.25, -0.2) is 18.2 Å². The molecule has 0 heterocycles. The van der Waals surface area contributed by atoms with Crippen molar-refractivity contribution >= 4 is 6.08 Å². The second-order valence-electron chi connectivity index (χ2n) is 5.02. The predicted octanol–water partition coefficient (Wildman–Crippen LogP) is -0.122. The summed E-state index contributed by atoms with van der Waals surface area (Å²) in [6.45, 7) is 12.0. The Labute approximate surface area is 174 Å². The number of allylic oxidation sites excluding steroid dienone is 1. The minimum absolute atomic E-state index is 0. The van der Waals surface area contributed by atoms with Crippen LogP contribution < -0.4 is 24.8 Å². The van der Waals surface area contributed by atoms with Crippen molar-refractivity contribution in [3.63, 3.8) is 0 Å². The molecule has 0 radical (unpaired) electrons. The second-order valence-corrected chi connectivity index (χ2v) is 5.02. The first-order valence-corrected chi connectivity index (χ1v) is 7.27. The first-order valence-electron chi connectivity index (χ1n) is 7.27. The van der Waals surface area contributed by atoms with E-state index in [1.807, 2.05) is 37.3 Å². The van der Waals surface area contributed by atoms with Crippen LogP contribution in [0.25, 0.3) is 6.08 Å². The van der Waals surface area contributed by atoms with Crippen molar-refractivity contribution in [2.45, 2.75) is 40.0 Å². The van der Waals surface area contributed by atoms with Gasteiger partial charge in [0, 0.05) is 0 Å². The van der Waals surface area contributed by atoms with E-state index in [1.54, 1.807) is 0 Å². The molecule has 0 nitrogen and oxygen atoms in total. The molecule has 0 spiro atoms. The van der Waals surface area contributed by atoms with Gasteiger partial charge in [-0.15, -0.1) is 11.1 Å². The summed E-state index contributed by atoms with van der Waals surface area (Å²) in [6, 6.07) is 14.4. The van der Waals surface area contributed by atoms with Crippen molar-refractivity contribution in [3.8, 4) is 0 Å². The van der Waals surface area contributed by atoms with Gasteiger partial charge in [0.1, 0.15) is 0 Å². The summed E-state index contributed by atoms with van der Waals surface area (Å²) >= 11 is 0. The molecule has 0 bridgehead atoms. The number of hydrogen-bond acceptors (Lipinski definition) is 0. The molecule has 0 saturated carbocycles. The minimum Gasteiger partial charge on any atom is -1.00 e. The maximum absolute atomic E-state index is 3.49. The number of benzene rings is 1. The van der Waals surface area contributed by atoms with Crippen LogP contribution in [-0.2, 0) is 26.2 Å². The van der Waals surface area contributed by atoms with E-state index in [0.29, 0.717) is 5.92 Å². The van der Waals surface area contributed by atoms with E-state index in [2.05, 4.69) is 52.0 Å². The quantitative estimate of drug-likeness (QED) is 0.515. The Hall–Kier alpha value is -0.227. The van der Waals surface area contributed by atoms with Crippen molar-refractivity contribution in [1.29, 1.82) is 0 Å². The Bertz CT molecular complexity index is 514. The van der Waals surface area contributed by atoms with E-state index in [4.69, 9.17) is 0 Å². The van der Waals surface area contributed by atoms with Gasteiger partial charge in [0.25, 0.3) is 0 Å². The molecular weight excluding hydrogens is 402 g/mol. The van der Waals surface area contributed by atoms with E-state index < -0.39 is 0 Å². The molecule has 23 heavy (non-hydrogen) atoms. The number of aryl methyl sites for hydroxylation is 2. The van der Waals surface area contributed by atoms with Crippen molar-refractivity contribution < 1.29 is 51.0 Å². The number of rotatable bonds is 0. The van der Waals surface area contributed by atoms with E-state index in [-0.39, 0.29) is 51.0 Å². The fourth-order valence-electron chi connectivity index (χ4n) is 2.23. The zero-order chi connectivity index (χ0) is 15.0. The molecule has 1 aliphatic rings. The average molecular weight is 428 g/mol. The minimum atomic E-state index is 0. The van der Waals surface area contributed by atoms with Crippen LogP contribution in [0, 0.1) is 26.8 Å². The standard InChI is InChI=1S/C12H13.C5H5.C3H7.2ClH.Zr/c1-8-4-5-9(2)12-10(3)6-7-11(8)12;1-2-4-5-3-1;1-3-2;;;/h4-5,7,10H,1-3H3;1-5H;1,3H2,2H3;2*1H;/q3*-1;;;+2/p-2. The fourth-order valence-corrected chi connectivity index (χ4v) is 2.23. The first-order chi connectivity index (χ1) is 9.61. The Morgan fingerprint density at radius 2 is 1.57 bits per heavy atom. The van der Waals surface area contributed by atoms with Crippen LogP contribution in [0.2, 0.25) is 0 Å². The van der Waals surface area contributed by atoms with E-state index in [0.717, 1.165) is 6.42 Å². The zero-order valence-electron chi connectivity index (χ0n) is 14.4. The molecule has 0 aromatic heterocycles. The van der Waals surface area contributed by atoms with Gasteiger partial charge in [-0.05, 0) is 6.92 Å². The van der Waals surface area contributed by atoms with Crippen LogP contribution in [0.5, 0.6) is 0 Å². The average Bonchev–Trinajstić information content (AvgIpc) is 3.08. The molecule has 0 saturated heterocycles. The zero-order valence-corrected chi connectivity index (χ0v) is 18.3. The van der Waals surface area contributed by atoms with Gasteiger partial charge in [0.15, 0.2) is 0 Å². The summed E-state index contributed by atoms with van der Waals surface area (Å²) in [5, 5.41) is 0. The molecule has 2 aromatic rings. The van der Waals surface area contributed by atoms with Crippen LogP contribution in [0.3, 0.4) is 0 Å². The van der Waals surface area contributed by atoms with Crippen molar-refractivity contribution in [3.05, 3.63) is 77.7 Å². The molecule has 0 fully saturated rings. The van der Waals surface area contributed by atoms with Crippen LogP contribution in [0.4, 0.5) is 0 Å². The van der Waals surface area contributed by atoms with Crippen molar-refractivity contribution in [1.82, 2.24) is 0 Å². The Morgan fingerprint density at radius 1 is 1.09 bits per heavy atom. The maximum atomic E-state index is 3.49. The SMILES string of the molecule is Cc1ccc(C)c2c1C=[C-]C2C.[CH2-]CC.[Cl-].[Cl-].[Zr+2].c1cc[cH-]c1. The molecule has 3 rings (SSSR count). The third kappa shape index (κ3) is 8.99. The van der Waals surface area contributed by atoms with Gasteiger partial charge in [0.05, 0.1) is 0 Å². The molecule has 0 aliphatic heterocycles. The smallest absolute Gasteiger partial charge is 1.00 e. The normalized spacial score (nSPS) is 12.8. The van der Waals surface area contributed by atoms with Crippen LogP contribution >= 0.6 is 0 Å². The number of halogens is 2. The summed E-state index contributed by atoms with van der Waals surface area (Å²) < 4.78 is 0. The molecule has 1 aliphatic carbocycles. The van der Waals surface area contributed by atoms with Crippen LogP contribution in [0.15, 0.2) is 42.5 Å². The molecule has 1 unspecified atom stereocenters. The van der Waals surface area contributed by atoms with E-state index in [1.165, 1.54) is 22.3 Å². The summed E-state index contributed by atoms with van der Waals surface area (Å²) in [4.78, 5) is 0. The summed E-state index contributed by atoms with van der Waals surface area (Å²) in [5.74, 6) is 0.486. The van der Waals surface area contributed by atoms with Crippen LogP contribution in [-0.4, -0.2) is 0 Å². The number of fused-ring (bicyclic) bond motifs is 1. The third-order valence-corrected chi connectivity index (χ3v) is 3.19. The maximum Gasteiger partial charge on any atom is 2.00 e. The third-order valence-electron chi connectivity index (χ3n) is 3.19. The summed E-state index contributed by atoms with van der Waals surface area (Å²) in [5.41, 5.74) is 5.62. The molecular formula is C20H25Cl2Zr-3. The van der Waals surface area contributed by atoms with Gasteiger partial charge in [-0.3, -0.25) is 6.08 Å². The second kappa shape index (κ2) is 15.3. The predicted molar refractivity (Wildman–Crippen MR) is 89.7 cm³/mol. The van der Waals surface area contributed by atoms with E-state index >= 15 is 0 Å². The molecule has 1 atom stereocenters. The van der Waals surface area contributed by atoms with Crippen molar-refractivity contribution in [2.75, 3.05) is 0 Å². The van der Waals surface area contributed by atoms with Crippen molar-refractivity contribution in [2.24, 2.45) is 0 Å². The van der Waals surface area contributed by atoms with Crippen LogP contribution in [0.1, 0.15) is 48.4 Å². The molecule has 0 N–H and O–H groups in total. The van der Waals surface area contributed by atoms with Gasteiger partial charge in [-0.2, -0.15) is 30.2 Å². The Morgan fingerprint density at radius 3 is 1.96 bits per heavy atom. The monoisotopic (exact) mass is 425 g/mol. The first kappa shape index (κ1) is 27.6. The molecule has 3 heteroatoms. The summed E-state index contributed by atoms with van der Waals surface area (Å²) in [7, 11) is 0.